The molecule has 2 amide bonds. The van der Waals surface area contributed by atoms with Crippen molar-refractivity contribution in [2.45, 2.75) is 13.8 Å². The molecule has 0 aliphatic carbocycles. The summed E-state index contributed by atoms with van der Waals surface area (Å²) in [6.45, 7) is 2.90. The van der Waals surface area contributed by atoms with Crippen LogP contribution in [0.15, 0.2) is 28.5 Å². The highest BCUT2D eigenvalue weighted by Crippen LogP contribution is 2.27. The van der Waals surface area contributed by atoms with Crippen LogP contribution in [0.3, 0.4) is 0 Å². The Kier molecular flexibility index (Phi) is 8.03. The largest absolute Gasteiger partial charge is 0.495 e. The van der Waals surface area contributed by atoms with E-state index in [0.717, 1.165) is 0 Å². The number of anilines is 1. The molecule has 0 spiro atoms. The van der Waals surface area contributed by atoms with Gasteiger partial charge in [0.25, 0.3) is 0 Å². The zero-order valence-corrected chi connectivity index (χ0v) is 15.0. The van der Waals surface area contributed by atoms with Crippen molar-refractivity contribution in [3.63, 3.8) is 0 Å². The predicted octanol–water partition coefficient (Wildman–Crippen LogP) is 1.17. The molecule has 0 saturated carbocycles. The minimum atomic E-state index is -1.13. The van der Waals surface area contributed by atoms with E-state index >= 15 is 0 Å². The van der Waals surface area contributed by atoms with E-state index in [9.17, 15) is 14.4 Å². The van der Waals surface area contributed by atoms with Gasteiger partial charge in [0.1, 0.15) is 5.75 Å². The van der Waals surface area contributed by atoms with Gasteiger partial charge in [0.15, 0.2) is 0 Å². The molecule has 1 rings (SSSR count). The van der Waals surface area contributed by atoms with Gasteiger partial charge < -0.3 is 20.0 Å². The lowest BCUT2D eigenvalue weighted by atomic mass is 10.2. The Hall–Kier alpha value is -3.14. The molecule has 0 radical (unpaired) electrons. The normalized spacial score (nSPS) is 11.5. The van der Waals surface area contributed by atoms with Crippen LogP contribution in [0.2, 0.25) is 5.02 Å². The van der Waals surface area contributed by atoms with Crippen molar-refractivity contribution >= 4 is 46.5 Å². The number of nitrogens with one attached hydrogen (secondary N) is 2. The number of nitrogens with zero attached hydrogens (tertiary/aromatic N) is 2. The Morgan fingerprint density at radius 2 is 1.96 bits per heavy atom. The number of amides is 2. The Labute approximate surface area is 153 Å². The first-order chi connectivity index (χ1) is 12.3. The molecule has 140 valence electrons. The Morgan fingerprint density at radius 3 is 2.54 bits per heavy atom. The summed E-state index contributed by atoms with van der Waals surface area (Å²) in [5, 5.41) is 17.8. The fourth-order valence-electron chi connectivity index (χ4n) is 1.66. The second kappa shape index (κ2) is 9.99. The summed E-state index contributed by atoms with van der Waals surface area (Å²) in [6.07, 6.45) is 0. The van der Waals surface area contributed by atoms with Crippen molar-refractivity contribution in [3.05, 3.63) is 23.2 Å². The van der Waals surface area contributed by atoms with E-state index in [-0.39, 0.29) is 18.0 Å². The van der Waals surface area contributed by atoms with E-state index < -0.39 is 23.5 Å². The molecule has 1 aromatic rings. The predicted molar refractivity (Wildman–Crippen MR) is 93.7 cm³/mol. The van der Waals surface area contributed by atoms with Crippen molar-refractivity contribution in [1.29, 1.82) is 0 Å². The van der Waals surface area contributed by atoms with Gasteiger partial charge in [-0.3, -0.25) is 9.59 Å². The molecule has 10 nitrogen and oxygen atoms in total. The molecule has 0 fully saturated rings. The maximum Gasteiger partial charge on any atom is 0.362 e. The van der Waals surface area contributed by atoms with Crippen LogP contribution < -0.4 is 15.5 Å². The number of ether oxygens (including phenoxy) is 2. The molecule has 0 aliphatic rings. The highest BCUT2D eigenvalue weighted by Gasteiger charge is 2.19. The summed E-state index contributed by atoms with van der Waals surface area (Å²) >= 11 is 5.84. The van der Waals surface area contributed by atoms with Crippen molar-refractivity contribution in [3.8, 4) is 5.75 Å². The number of rotatable bonds is 6. The first-order valence-electron chi connectivity index (χ1n) is 7.22. The minimum absolute atomic E-state index is 0.0569. The number of carbonyl (C=O) groups excluding carboxylic acids is 3. The third kappa shape index (κ3) is 5.74. The first kappa shape index (κ1) is 20.9. The molecule has 0 heterocycles. The van der Waals surface area contributed by atoms with Crippen LogP contribution in [0.25, 0.3) is 0 Å². The number of oxime groups is 1. The van der Waals surface area contributed by atoms with Gasteiger partial charge in [0, 0.05) is 5.02 Å². The number of hydrazone groups is 1. The van der Waals surface area contributed by atoms with Crippen molar-refractivity contribution < 1.29 is 29.1 Å². The van der Waals surface area contributed by atoms with Gasteiger partial charge in [-0.1, -0.05) is 16.8 Å². The van der Waals surface area contributed by atoms with Crippen LogP contribution in [-0.2, 0) is 19.1 Å². The van der Waals surface area contributed by atoms with Gasteiger partial charge in [-0.15, -0.1) is 0 Å². The molecule has 0 bridgehead atoms. The van der Waals surface area contributed by atoms with Crippen LogP contribution in [0.4, 0.5) is 5.69 Å². The average molecular weight is 385 g/mol. The second-order valence-corrected chi connectivity index (χ2v) is 5.04. The van der Waals surface area contributed by atoms with Crippen LogP contribution in [0, 0.1) is 0 Å². The molecule has 0 aliphatic heterocycles. The molecular formula is C15H17ClN4O6. The average Bonchev–Trinajstić information content (AvgIpc) is 2.60. The van der Waals surface area contributed by atoms with E-state index in [2.05, 4.69) is 20.3 Å². The Morgan fingerprint density at radius 1 is 1.27 bits per heavy atom. The molecule has 1 aromatic carbocycles. The van der Waals surface area contributed by atoms with Gasteiger partial charge in [0.05, 0.1) is 25.1 Å². The third-order valence-electron chi connectivity index (χ3n) is 2.85. The van der Waals surface area contributed by atoms with Gasteiger partial charge in [-0.05, 0) is 32.0 Å². The molecule has 0 saturated heterocycles. The molecule has 0 atom stereocenters. The van der Waals surface area contributed by atoms with Crippen molar-refractivity contribution in [2.24, 2.45) is 10.3 Å². The zero-order chi connectivity index (χ0) is 19.7. The van der Waals surface area contributed by atoms with Gasteiger partial charge in [-0.25, -0.2) is 10.2 Å². The number of esters is 1. The zero-order valence-electron chi connectivity index (χ0n) is 14.2. The summed E-state index contributed by atoms with van der Waals surface area (Å²) in [7, 11) is 1.39. The van der Waals surface area contributed by atoms with E-state index in [4.69, 9.17) is 21.5 Å². The maximum atomic E-state index is 11.9. The lowest BCUT2D eigenvalue weighted by molar-refractivity contribution is -0.136. The molecule has 3 N–H and O–H groups in total. The Balaban J connectivity index is 2.80. The van der Waals surface area contributed by atoms with Gasteiger partial charge in [-0.2, -0.15) is 5.10 Å². The van der Waals surface area contributed by atoms with Gasteiger partial charge in [0.2, 0.25) is 5.71 Å². The standard InChI is InChI=1S/C15H17ClN4O6/c1-4-26-15(23)12(20-24)8(2)18-19-14(22)13(21)17-10-7-9(16)5-6-11(10)25-3/h5-7,24H,4H2,1-3H3,(H,17,21)(H,19,22). The number of carbonyl (C=O) groups is 3. The van der Waals surface area contributed by atoms with E-state index in [1.807, 2.05) is 5.43 Å². The Bertz CT molecular complexity index is 763. The third-order valence-corrected chi connectivity index (χ3v) is 3.09. The maximum absolute atomic E-state index is 11.9. The summed E-state index contributed by atoms with van der Waals surface area (Å²) in [6, 6.07) is 4.47. The van der Waals surface area contributed by atoms with Crippen LogP contribution in [0.5, 0.6) is 5.75 Å². The second-order valence-electron chi connectivity index (χ2n) is 4.61. The lowest BCUT2D eigenvalue weighted by Crippen LogP contribution is -2.34. The fraction of sp³-hybridized carbons (Fsp3) is 0.267. The lowest BCUT2D eigenvalue weighted by Gasteiger charge is -2.10. The SMILES string of the molecule is CCOC(=O)C(=NO)C(C)=NNC(=O)C(=O)Nc1cc(Cl)ccc1OC. The highest BCUT2D eigenvalue weighted by atomic mass is 35.5. The first-order valence-corrected chi connectivity index (χ1v) is 7.60. The number of halogens is 1. The molecular weight excluding hydrogens is 368 g/mol. The van der Waals surface area contributed by atoms with E-state index in [0.29, 0.717) is 10.8 Å². The highest BCUT2D eigenvalue weighted by molar-refractivity contribution is 6.65. The quantitative estimate of drug-likeness (QED) is 0.221. The summed E-state index contributed by atoms with van der Waals surface area (Å²) in [5.74, 6) is -2.82. The number of hydrogen-bond acceptors (Lipinski definition) is 8. The van der Waals surface area contributed by atoms with Gasteiger partial charge >= 0.3 is 17.8 Å². The molecule has 26 heavy (non-hydrogen) atoms. The van der Waals surface area contributed by atoms with Crippen LogP contribution in [0.1, 0.15) is 13.8 Å². The molecule has 0 aromatic heterocycles. The summed E-state index contributed by atoms with van der Waals surface area (Å²) in [5.41, 5.74) is 1.45. The number of benzene rings is 1. The fourth-order valence-corrected chi connectivity index (χ4v) is 1.83. The van der Waals surface area contributed by atoms with Crippen LogP contribution in [-0.4, -0.2) is 48.1 Å². The smallest absolute Gasteiger partial charge is 0.362 e. The number of methoxy groups -OCH3 is 1. The monoisotopic (exact) mass is 384 g/mol. The molecule has 11 heteroatoms. The van der Waals surface area contributed by atoms with Crippen molar-refractivity contribution in [2.75, 3.05) is 19.0 Å². The van der Waals surface area contributed by atoms with E-state index in [1.165, 1.54) is 26.2 Å². The topological polar surface area (TPSA) is 139 Å². The van der Waals surface area contributed by atoms with Crippen molar-refractivity contribution in [1.82, 2.24) is 5.43 Å². The summed E-state index contributed by atoms with van der Waals surface area (Å²) in [4.78, 5) is 35.3. The molecule has 0 unspecified atom stereocenters. The van der Waals surface area contributed by atoms with Crippen LogP contribution >= 0.6 is 11.6 Å². The van der Waals surface area contributed by atoms with E-state index in [1.54, 1.807) is 13.0 Å². The summed E-state index contributed by atoms with van der Waals surface area (Å²) < 4.78 is 9.70. The number of hydrogen-bond donors (Lipinski definition) is 3. The minimum Gasteiger partial charge on any atom is -0.495 e.